The Morgan fingerprint density at radius 3 is 2.18 bits per heavy atom. The van der Waals surface area contributed by atoms with Gasteiger partial charge < -0.3 is 14.0 Å². The number of nitrogens with zero attached hydrogens (tertiary/aromatic N) is 4. The Morgan fingerprint density at radius 1 is 0.909 bits per heavy atom. The van der Waals surface area contributed by atoms with Gasteiger partial charge >= 0.3 is 0 Å². The minimum atomic E-state index is -0.00226. The van der Waals surface area contributed by atoms with E-state index in [4.69, 9.17) is 14.5 Å². The number of ether oxygens (including phenoxy) is 2. The average molecular weight is 461 g/mol. The van der Waals surface area contributed by atoms with Crippen LogP contribution < -0.4 is 0 Å². The lowest BCUT2D eigenvalue weighted by Crippen LogP contribution is -2.46. The van der Waals surface area contributed by atoms with Crippen molar-refractivity contribution in [2.24, 2.45) is 0 Å². The molecule has 0 radical (unpaired) electrons. The van der Waals surface area contributed by atoms with Gasteiger partial charge in [-0.3, -0.25) is 9.80 Å². The highest BCUT2D eigenvalue weighted by Crippen LogP contribution is 2.33. The van der Waals surface area contributed by atoms with Crippen molar-refractivity contribution in [2.75, 3.05) is 26.2 Å². The third kappa shape index (κ3) is 6.81. The molecule has 4 rings (SSSR count). The SMILES string of the molecule is CCC(C)(C)OC1CC(OC2CCN(Cc3cn(C4CCN(C(C)(C)C)CC4)cn3)CC2)C1. The van der Waals surface area contributed by atoms with Gasteiger partial charge in [-0.15, -0.1) is 0 Å². The van der Waals surface area contributed by atoms with Crippen LogP contribution in [0, 0.1) is 0 Å². The first kappa shape index (κ1) is 25.2. The fraction of sp³-hybridized carbons (Fsp3) is 0.889. The molecule has 3 fully saturated rings. The van der Waals surface area contributed by atoms with Gasteiger partial charge in [-0.05, 0) is 79.6 Å². The molecule has 3 aliphatic rings. The van der Waals surface area contributed by atoms with Crippen LogP contribution in [-0.4, -0.2) is 75.0 Å². The molecule has 0 N–H and O–H groups in total. The highest BCUT2D eigenvalue weighted by Gasteiger charge is 2.36. The van der Waals surface area contributed by atoms with Gasteiger partial charge in [0.2, 0.25) is 0 Å². The van der Waals surface area contributed by atoms with Gasteiger partial charge in [-0.2, -0.15) is 0 Å². The standard InChI is InChI=1S/C27H48N4O2/c1-7-27(5,6)33-25-16-24(17-25)32-23-10-12-29(13-11-23)18-21-19-30(20-28-21)22-8-14-31(15-9-22)26(2,3)4/h19-20,22-25H,7-18H2,1-6H3. The van der Waals surface area contributed by atoms with Crippen LogP contribution >= 0.6 is 0 Å². The number of rotatable bonds is 8. The zero-order valence-corrected chi connectivity index (χ0v) is 22.1. The van der Waals surface area contributed by atoms with Gasteiger partial charge in [-0.25, -0.2) is 4.98 Å². The number of hydrogen-bond acceptors (Lipinski definition) is 5. The second kappa shape index (κ2) is 10.3. The normalized spacial score (nSPS) is 27.1. The lowest BCUT2D eigenvalue weighted by Gasteiger charge is -2.42. The van der Waals surface area contributed by atoms with E-state index < -0.39 is 0 Å². The van der Waals surface area contributed by atoms with Crippen molar-refractivity contribution >= 4 is 0 Å². The van der Waals surface area contributed by atoms with E-state index in [2.05, 4.69) is 68.4 Å². The van der Waals surface area contributed by atoms with Crippen LogP contribution in [0.4, 0.5) is 0 Å². The monoisotopic (exact) mass is 460 g/mol. The molecule has 1 saturated carbocycles. The molecule has 0 atom stereocenters. The summed E-state index contributed by atoms with van der Waals surface area (Å²) in [6, 6.07) is 0.599. The van der Waals surface area contributed by atoms with Crippen molar-refractivity contribution in [2.45, 2.75) is 129 Å². The predicted molar refractivity (Wildman–Crippen MR) is 133 cm³/mol. The van der Waals surface area contributed by atoms with E-state index in [9.17, 15) is 0 Å². The molecule has 1 aliphatic carbocycles. The highest BCUT2D eigenvalue weighted by molar-refractivity contribution is 5.00. The minimum Gasteiger partial charge on any atom is -0.375 e. The molecule has 0 bridgehead atoms. The Balaban J connectivity index is 1.14. The predicted octanol–water partition coefficient (Wildman–Crippen LogP) is 5.04. The molecule has 0 unspecified atom stereocenters. The van der Waals surface area contributed by atoms with E-state index in [-0.39, 0.29) is 11.1 Å². The maximum absolute atomic E-state index is 6.39. The summed E-state index contributed by atoms with van der Waals surface area (Å²) in [4.78, 5) is 9.90. The second-order valence-corrected chi connectivity index (χ2v) is 12.3. The fourth-order valence-electron chi connectivity index (χ4n) is 5.46. The molecule has 3 heterocycles. The molecule has 0 amide bonds. The molecule has 2 aliphatic heterocycles. The van der Waals surface area contributed by atoms with Crippen molar-refractivity contribution in [1.82, 2.24) is 19.4 Å². The molecule has 188 valence electrons. The fourth-order valence-corrected chi connectivity index (χ4v) is 5.46. The molecule has 0 spiro atoms. The van der Waals surface area contributed by atoms with E-state index in [0.29, 0.717) is 24.4 Å². The lowest BCUT2D eigenvalue weighted by molar-refractivity contribution is -0.172. The summed E-state index contributed by atoms with van der Waals surface area (Å²) in [6.07, 6.45) is 13.5. The molecular weight excluding hydrogens is 412 g/mol. The molecule has 6 heteroatoms. The van der Waals surface area contributed by atoms with E-state index in [1.165, 1.54) is 31.6 Å². The lowest BCUT2D eigenvalue weighted by atomic mass is 9.90. The van der Waals surface area contributed by atoms with Crippen molar-refractivity contribution in [3.63, 3.8) is 0 Å². The van der Waals surface area contributed by atoms with Crippen LogP contribution in [0.3, 0.4) is 0 Å². The van der Waals surface area contributed by atoms with E-state index in [0.717, 1.165) is 51.7 Å². The van der Waals surface area contributed by atoms with Crippen LogP contribution in [-0.2, 0) is 16.0 Å². The summed E-state index contributed by atoms with van der Waals surface area (Å²) in [5, 5.41) is 0. The third-order valence-electron chi connectivity index (χ3n) is 8.18. The highest BCUT2D eigenvalue weighted by atomic mass is 16.5. The van der Waals surface area contributed by atoms with Gasteiger partial charge in [0.15, 0.2) is 0 Å². The van der Waals surface area contributed by atoms with Crippen molar-refractivity contribution in [3.05, 3.63) is 18.2 Å². The Kier molecular flexibility index (Phi) is 7.89. The summed E-state index contributed by atoms with van der Waals surface area (Å²) >= 11 is 0. The Bertz CT molecular complexity index is 734. The summed E-state index contributed by atoms with van der Waals surface area (Å²) in [5.41, 5.74) is 1.49. The van der Waals surface area contributed by atoms with Gasteiger partial charge in [0.1, 0.15) is 0 Å². The van der Waals surface area contributed by atoms with Gasteiger partial charge in [0, 0.05) is 50.5 Å². The zero-order valence-electron chi connectivity index (χ0n) is 22.1. The van der Waals surface area contributed by atoms with Crippen molar-refractivity contribution in [1.29, 1.82) is 0 Å². The summed E-state index contributed by atoms with van der Waals surface area (Å²) in [6.45, 7) is 19.1. The Hall–Kier alpha value is -0.950. The second-order valence-electron chi connectivity index (χ2n) is 12.3. The molecule has 0 aromatic carbocycles. The van der Waals surface area contributed by atoms with Crippen LogP contribution in [0.5, 0.6) is 0 Å². The van der Waals surface area contributed by atoms with Gasteiger partial charge in [0.25, 0.3) is 0 Å². The van der Waals surface area contributed by atoms with Gasteiger partial charge in [0.05, 0.1) is 35.9 Å². The van der Waals surface area contributed by atoms with Gasteiger partial charge in [-0.1, -0.05) is 6.92 Å². The number of imidazole rings is 1. The third-order valence-corrected chi connectivity index (χ3v) is 8.18. The zero-order chi connectivity index (χ0) is 23.6. The van der Waals surface area contributed by atoms with Crippen molar-refractivity contribution < 1.29 is 9.47 Å². The molecule has 1 aromatic rings. The molecule has 6 nitrogen and oxygen atoms in total. The summed E-state index contributed by atoms with van der Waals surface area (Å²) in [5.74, 6) is 0. The number of aromatic nitrogens is 2. The largest absolute Gasteiger partial charge is 0.375 e. The molecular formula is C27H48N4O2. The number of likely N-dealkylation sites (tertiary alicyclic amines) is 2. The first-order chi connectivity index (χ1) is 15.6. The maximum Gasteiger partial charge on any atom is 0.0952 e. The summed E-state index contributed by atoms with van der Waals surface area (Å²) in [7, 11) is 0. The number of hydrogen-bond donors (Lipinski definition) is 0. The van der Waals surface area contributed by atoms with Crippen LogP contribution in [0.1, 0.15) is 98.2 Å². The number of piperidine rings is 2. The van der Waals surface area contributed by atoms with Crippen LogP contribution in [0.2, 0.25) is 0 Å². The Morgan fingerprint density at radius 2 is 1.58 bits per heavy atom. The molecule has 1 aromatic heterocycles. The van der Waals surface area contributed by atoms with Crippen LogP contribution in [0.15, 0.2) is 12.5 Å². The first-order valence-electron chi connectivity index (χ1n) is 13.4. The molecule has 33 heavy (non-hydrogen) atoms. The van der Waals surface area contributed by atoms with E-state index >= 15 is 0 Å². The molecule has 2 saturated heterocycles. The maximum atomic E-state index is 6.39. The Labute approximate surface area is 202 Å². The van der Waals surface area contributed by atoms with Crippen molar-refractivity contribution in [3.8, 4) is 0 Å². The van der Waals surface area contributed by atoms with E-state index in [1.807, 2.05) is 0 Å². The first-order valence-corrected chi connectivity index (χ1v) is 13.4. The average Bonchev–Trinajstić information content (AvgIpc) is 3.21. The van der Waals surface area contributed by atoms with E-state index in [1.54, 1.807) is 0 Å². The smallest absolute Gasteiger partial charge is 0.0952 e. The minimum absolute atomic E-state index is 0.00226. The van der Waals surface area contributed by atoms with Crippen LogP contribution in [0.25, 0.3) is 0 Å². The summed E-state index contributed by atoms with van der Waals surface area (Å²) < 4.78 is 15.0. The topological polar surface area (TPSA) is 42.8 Å². The quantitative estimate of drug-likeness (QED) is 0.544.